The van der Waals surface area contributed by atoms with Gasteiger partial charge in [-0.05, 0) is 44.2 Å². The van der Waals surface area contributed by atoms with Gasteiger partial charge in [-0.25, -0.2) is 0 Å². The number of carbonyl (C=O) groups is 1. The van der Waals surface area contributed by atoms with Gasteiger partial charge >= 0.3 is 0 Å². The van der Waals surface area contributed by atoms with Crippen molar-refractivity contribution in [3.63, 3.8) is 0 Å². The van der Waals surface area contributed by atoms with E-state index >= 15 is 0 Å². The van der Waals surface area contributed by atoms with Gasteiger partial charge in [0.1, 0.15) is 24.2 Å². The van der Waals surface area contributed by atoms with Crippen LogP contribution in [0, 0.1) is 6.92 Å². The molecule has 1 aromatic heterocycles. The van der Waals surface area contributed by atoms with Crippen LogP contribution in [0.1, 0.15) is 42.2 Å². The number of benzene rings is 2. The number of aryl methyl sites for hydroxylation is 1. The van der Waals surface area contributed by atoms with E-state index in [9.17, 15) is 4.79 Å². The van der Waals surface area contributed by atoms with E-state index in [1.807, 2.05) is 60.9 Å². The largest absolute Gasteiger partial charge is 0.491 e. The molecule has 1 aliphatic heterocycles. The Morgan fingerprint density at radius 2 is 1.94 bits per heavy atom. The summed E-state index contributed by atoms with van der Waals surface area (Å²) in [4.78, 5) is 17.6. The van der Waals surface area contributed by atoms with Gasteiger partial charge < -0.3 is 20.5 Å². The van der Waals surface area contributed by atoms with E-state index in [1.54, 1.807) is 0 Å². The summed E-state index contributed by atoms with van der Waals surface area (Å²) in [7, 11) is 0. The number of hydrogen-bond donors (Lipinski definition) is 2. The molecule has 0 aliphatic carbocycles. The lowest BCUT2D eigenvalue weighted by atomic mass is 10.00. The number of amides is 1. The molecule has 1 atom stereocenters. The SMILES string of the molecule is CCNC(=O)C[C@@H]1N=C(c2ccc(Cl)cc2)c2cc(OCCOCCN)ccc2-n2c(C)nnc21. The molecule has 0 fully saturated rings. The number of nitrogens with one attached hydrogen (secondary N) is 1. The van der Waals surface area contributed by atoms with Crippen LogP contribution in [0.3, 0.4) is 0 Å². The molecule has 3 aromatic rings. The highest BCUT2D eigenvalue weighted by molar-refractivity contribution is 6.30. The minimum Gasteiger partial charge on any atom is -0.491 e. The van der Waals surface area contributed by atoms with E-state index in [-0.39, 0.29) is 12.3 Å². The number of carbonyl (C=O) groups excluding carboxylic acids is 1. The lowest BCUT2D eigenvalue weighted by molar-refractivity contribution is -0.121. The van der Waals surface area contributed by atoms with Gasteiger partial charge in [-0.1, -0.05) is 23.7 Å². The van der Waals surface area contributed by atoms with Crippen molar-refractivity contribution in [1.29, 1.82) is 0 Å². The molecule has 1 amide bonds. The van der Waals surface area contributed by atoms with Crippen molar-refractivity contribution in [2.45, 2.75) is 26.3 Å². The smallest absolute Gasteiger partial charge is 0.222 e. The Bertz CT molecular complexity index is 1210. The summed E-state index contributed by atoms with van der Waals surface area (Å²) >= 11 is 6.16. The van der Waals surface area contributed by atoms with Crippen molar-refractivity contribution in [2.75, 3.05) is 32.9 Å². The molecule has 0 saturated heterocycles. The highest BCUT2D eigenvalue weighted by atomic mass is 35.5. The number of fused-ring (bicyclic) bond motifs is 3. The molecule has 0 bridgehead atoms. The first-order valence-electron chi connectivity index (χ1n) is 11.6. The molecule has 0 radical (unpaired) electrons. The van der Waals surface area contributed by atoms with Crippen LogP contribution < -0.4 is 15.8 Å². The van der Waals surface area contributed by atoms with Gasteiger partial charge in [-0.2, -0.15) is 0 Å². The van der Waals surface area contributed by atoms with Crippen LogP contribution in [0.25, 0.3) is 5.69 Å². The van der Waals surface area contributed by atoms with E-state index in [0.29, 0.717) is 55.3 Å². The van der Waals surface area contributed by atoms with Crippen molar-refractivity contribution in [3.05, 3.63) is 70.3 Å². The third kappa shape index (κ3) is 5.70. The van der Waals surface area contributed by atoms with Crippen molar-refractivity contribution >= 4 is 23.2 Å². The summed E-state index contributed by atoms with van der Waals surface area (Å²) in [5.41, 5.74) is 8.77. The van der Waals surface area contributed by atoms with Crippen molar-refractivity contribution in [1.82, 2.24) is 20.1 Å². The molecule has 0 unspecified atom stereocenters. The van der Waals surface area contributed by atoms with Crippen LogP contribution in [0.5, 0.6) is 5.75 Å². The maximum absolute atomic E-state index is 12.6. The Hall–Kier alpha value is -3.27. The van der Waals surface area contributed by atoms with Gasteiger partial charge in [-0.15, -0.1) is 10.2 Å². The number of aromatic nitrogens is 3. The Morgan fingerprint density at radius 3 is 2.69 bits per heavy atom. The zero-order valence-corrected chi connectivity index (χ0v) is 20.6. The van der Waals surface area contributed by atoms with E-state index in [1.165, 1.54) is 0 Å². The fourth-order valence-corrected chi connectivity index (χ4v) is 4.11. The molecule has 2 aromatic carbocycles. The molecule has 2 heterocycles. The maximum Gasteiger partial charge on any atom is 0.222 e. The number of ether oxygens (including phenoxy) is 2. The lowest BCUT2D eigenvalue weighted by Gasteiger charge is -2.15. The van der Waals surface area contributed by atoms with Crippen LogP contribution in [0.2, 0.25) is 5.02 Å². The number of nitrogens with zero attached hydrogens (tertiary/aromatic N) is 4. The second-order valence-electron chi connectivity index (χ2n) is 8.03. The molecule has 3 N–H and O–H groups in total. The van der Waals surface area contributed by atoms with Gasteiger partial charge in [-0.3, -0.25) is 14.4 Å². The summed E-state index contributed by atoms with van der Waals surface area (Å²) in [6.07, 6.45) is 0.152. The molecule has 184 valence electrons. The van der Waals surface area contributed by atoms with E-state index in [2.05, 4.69) is 15.5 Å². The Balaban J connectivity index is 1.80. The zero-order valence-electron chi connectivity index (χ0n) is 19.8. The topological polar surface area (TPSA) is 117 Å². The fourth-order valence-electron chi connectivity index (χ4n) is 3.99. The van der Waals surface area contributed by atoms with Crippen LogP contribution in [-0.2, 0) is 9.53 Å². The molecule has 1 aliphatic rings. The van der Waals surface area contributed by atoms with Crippen LogP contribution in [-0.4, -0.2) is 59.3 Å². The summed E-state index contributed by atoms with van der Waals surface area (Å²) in [5, 5.41) is 12.2. The summed E-state index contributed by atoms with van der Waals surface area (Å²) in [6.45, 7) is 6.11. The maximum atomic E-state index is 12.6. The van der Waals surface area contributed by atoms with E-state index in [0.717, 1.165) is 22.5 Å². The van der Waals surface area contributed by atoms with Crippen molar-refractivity contribution in [3.8, 4) is 11.4 Å². The van der Waals surface area contributed by atoms with Gasteiger partial charge in [0.15, 0.2) is 5.82 Å². The van der Waals surface area contributed by atoms with Crippen molar-refractivity contribution in [2.24, 2.45) is 10.7 Å². The first kappa shape index (κ1) is 24.8. The van der Waals surface area contributed by atoms with Gasteiger partial charge in [0.2, 0.25) is 5.91 Å². The average molecular weight is 497 g/mol. The third-order valence-electron chi connectivity index (χ3n) is 5.53. The third-order valence-corrected chi connectivity index (χ3v) is 5.78. The van der Waals surface area contributed by atoms with Gasteiger partial charge in [0.05, 0.1) is 31.0 Å². The van der Waals surface area contributed by atoms with Gasteiger partial charge in [0, 0.05) is 29.2 Å². The van der Waals surface area contributed by atoms with Gasteiger partial charge in [0.25, 0.3) is 0 Å². The van der Waals surface area contributed by atoms with E-state index in [4.69, 9.17) is 31.8 Å². The monoisotopic (exact) mass is 496 g/mol. The predicted octanol–water partition coefficient (Wildman–Crippen LogP) is 3.00. The minimum absolute atomic E-state index is 0.101. The first-order valence-corrected chi connectivity index (χ1v) is 12.0. The summed E-state index contributed by atoms with van der Waals surface area (Å²) < 4.78 is 13.3. The Kier molecular flexibility index (Phi) is 8.12. The second kappa shape index (κ2) is 11.4. The number of rotatable bonds is 10. The normalized spacial score (nSPS) is 14.5. The number of halogens is 1. The number of aliphatic imine (C=N–C) groups is 1. The second-order valence-corrected chi connectivity index (χ2v) is 8.46. The van der Waals surface area contributed by atoms with Crippen LogP contribution in [0.4, 0.5) is 0 Å². The number of hydrogen-bond acceptors (Lipinski definition) is 7. The summed E-state index contributed by atoms with van der Waals surface area (Å²) in [5.74, 6) is 1.90. The molecule has 35 heavy (non-hydrogen) atoms. The zero-order chi connectivity index (χ0) is 24.8. The molecule has 0 saturated carbocycles. The molecular weight excluding hydrogens is 468 g/mol. The fraction of sp³-hybridized carbons (Fsp3) is 0.360. The van der Waals surface area contributed by atoms with E-state index < -0.39 is 6.04 Å². The lowest BCUT2D eigenvalue weighted by Crippen LogP contribution is -2.25. The van der Waals surface area contributed by atoms with Crippen molar-refractivity contribution < 1.29 is 14.3 Å². The van der Waals surface area contributed by atoms with Crippen LogP contribution >= 0.6 is 11.6 Å². The highest BCUT2D eigenvalue weighted by Crippen LogP contribution is 2.34. The molecule has 4 rings (SSSR count). The predicted molar refractivity (Wildman–Crippen MR) is 135 cm³/mol. The molecular formula is C25H29ClN6O3. The minimum atomic E-state index is -0.519. The average Bonchev–Trinajstić information content (AvgIpc) is 3.17. The standard InChI is InChI=1S/C25H29ClN6O3/c1-3-28-23(33)15-21-25-31-30-16(2)32(25)22-9-8-19(35-13-12-34-11-10-27)14-20(22)24(29-21)17-4-6-18(26)7-5-17/h4-9,14,21H,3,10-13,15,27H2,1-2H3,(H,28,33)/t21-/m0/s1. The molecule has 9 nitrogen and oxygen atoms in total. The first-order chi connectivity index (χ1) is 17.0. The molecule has 10 heteroatoms. The Morgan fingerprint density at radius 1 is 1.14 bits per heavy atom. The molecule has 0 spiro atoms. The summed E-state index contributed by atoms with van der Waals surface area (Å²) in [6, 6.07) is 12.8. The Labute approximate surface area is 209 Å². The number of nitrogens with two attached hydrogens (primary N) is 1. The highest BCUT2D eigenvalue weighted by Gasteiger charge is 2.30. The quantitative estimate of drug-likeness (QED) is 0.417. The van der Waals surface area contributed by atoms with Crippen LogP contribution in [0.15, 0.2) is 47.5 Å².